The van der Waals surface area contributed by atoms with Crippen LogP contribution in [-0.4, -0.2) is 37.9 Å². The van der Waals surface area contributed by atoms with Gasteiger partial charge in [-0.2, -0.15) is 0 Å². The Morgan fingerprint density at radius 2 is 2.14 bits per heavy atom. The van der Waals surface area contributed by atoms with Crippen molar-refractivity contribution in [1.82, 2.24) is 5.32 Å². The Hall–Kier alpha value is -0.610. The number of hydrogen-bond donors (Lipinski definition) is 2. The fourth-order valence-electron chi connectivity index (χ4n) is 1.04. The van der Waals surface area contributed by atoms with Crippen LogP contribution >= 0.6 is 0 Å². The molecule has 4 nitrogen and oxygen atoms in total. The summed E-state index contributed by atoms with van der Waals surface area (Å²) in [7, 11) is 1.39. The second-order valence-corrected chi connectivity index (χ2v) is 4.29. The van der Waals surface area contributed by atoms with Gasteiger partial charge in [-0.15, -0.1) is 0 Å². The third-order valence-corrected chi connectivity index (χ3v) is 2.11. The first-order valence-electron chi connectivity index (χ1n) is 4.84. The maximum atomic E-state index is 11.3. The average Bonchev–Trinajstić information content (AvgIpc) is 2.15. The number of nitrogens with one attached hydrogen (secondary N) is 1. The van der Waals surface area contributed by atoms with Crippen LogP contribution in [0.1, 0.15) is 20.8 Å². The predicted molar refractivity (Wildman–Crippen MR) is 54.9 cm³/mol. The molecule has 14 heavy (non-hydrogen) atoms. The van der Waals surface area contributed by atoms with Crippen LogP contribution in [0.2, 0.25) is 0 Å². The van der Waals surface area contributed by atoms with Crippen molar-refractivity contribution in [1.29, 1.82) is 0 Å². The monoisotopic (exact) mass is 203 g/mol. The van der Waals surface area contributed by atoms with Crippen LogP contribution in [0.5, 0.6) is 0 Å². The van der Waals surface area contributed by atoms with Gasteiger partial charge in [-0.3, -0.25) is 4.79 Å². The van der Waals surface area contributed by atoms with E-state index in [1.165, 1.54) is 7.11 Å². The van der Waals surface area contributed by atoms with Crippen molar-refractivity contribution in [3.8, 4) is 0 Å². The Morgan fingerprint density at radius 1 is 1.57 bits per heavy atom. The molecule has 1 atom stereocenters. The van der Waals surface area contributed by atoms with E-state index in [1.807, 2.05) is 20.8 Å². The van der Waals surface area contributed by atoms with Crippen molar-refractivity contribution < 1.29 is 14.6 Å². The molecule has 0 saturated carbocycles. The van der Waals surface area contributed by atoms with E-state index >= 15 is 0 Å². The van der Waals surface area contributed by atoms with Gasteiger partial charge >= 0.3 is 5.97 Å². The van der Waals surface area contributed by atoms with Gasteiger partial charge in [0.1, 0.15) is 0 Å². The van der Waals surface area contributed by atoms with Crippen molar-refractivity contribution in [2.24, 2.45) is 11.3 Å². The molecule has 0 aliphatic heterocycles. The lowest BCUT2D eigenvalue weighted by Crippen LogP contribution is -2.38. The third kappa shape index (κ3) is 4.58. The molecule has 0 aromatic carbocycles. The van der Waals surface area contributed by atoms with Crippen molar-refractivity contribution >= 4 is 5.97 Å². The number of hydrogen-bond acceptors (Lipinski definition) is 4. The van der Waals surface area contributed by atoms with Gasteiger partial charge in [-0.05, 0) is 26.3 Å². The molecule has 0 aromatic rings. The molecular formula is C10H21NO3. The van der Waals surface area contributed by atoms with Gasteiger partial charge in [-0.1, -0.05) is 6.92 Å². The van der Waals surface area contributed by atoms with Crippen LogP contribution in [0.4, 0.5) is 0 Å². The maximum absolute atomic E-state index is 11.3. The minimum atomic E-state index is -0.510. The molecule has 0 aromatic heterocycles. The quantitative estimate of drug-likeness (QED) is 0.614. The number of aliphatic hydroxyl groups excluding tert-OH is 1. The summed E-state index contributed by atoms with van der Waals surface area (Å²) in [5, 5.41) is 11.9. The lowest BCUT2D eigenvalue weighted by Gasteiger charge is -2.22. The molecule has 84 valence electrons. The minimum absolute atomic E-state index is 0.158. The average molecular weight is 203 g/mol. The number of rotatable bonds is 6. The van der Waals surface area contributed by atoms with Crippen LogP contribution in [0.25, 0.3) is 0 Å². The minimum Gasteiger partial charge on any atom is -0.469 e. The molecule has 0 bridgehead atoms. The summed E-state index contributed by atoms with van der Waals surface area (Å²) in [5.41, 5.74) is -0.510. The first-order valence-corrected chi connectivity index (χ1v) is 4.84. The first kappa shape index (κ1) is 13.4. The smallest absolute Gasteiger partial charge is 0.312 e. The standard InChI is InChI=1S/C10H21NO3/c1-8(6-12)5-11-7-10(2,3)9(13)14-4/h8,11-12H,5-7H2,1-4H3. The Bertz CT molecular complexity index is 180. The molecule has 0 aliphatic carbocycles. The molecule has 0 radical (unpaired) electrons. The predicted octanol–water partition coefficient (Wildman–Crippen LogP) is 0.404. The van der Waals surface area contributed by atoms with E-state index in [4.69, 9.17) is 5.11 Å². The van der Waals surface area contributed by atoms with Gasteiger partial charge in [0.05, 0.1) is 12.5 Å². The summed E-state index contributed by atoms with van der Waals surface area (Å²) in [6.07, 6.45) is 0. The van der Waals surface area contributed by atoms with Crippen LogP contribution in [0, 0.1) is 11.3 Å². The van der Waals surface area contributed by atoms with E-state index < -0.39 is 5.41 Å². The zero-order chi connectivity index (χ0) is 11.2. The van der Waals surface area contributed by atoms with E-state index in [9.17, 15) is 4.79 Å². The summed E-state index contributed by atoms with van der Waals surface area (Å²) in [6.45, 7) is 7.02. The summed E-state index contributed by atoms with van der Waals surface area (Å²) in [4.78, 5) is 11.3. The molecule has 4 heteroatoms. The van der Waals surface area contributed by atoms with Crippen LogP contribution in [-0.2, 0) is 9.53 Å². The normalized spacial score (nSPS) is 13.8. The number of carbonyl (C=O) groups is 1. The molecule has 2 N–H and O–H groups in total. The van der Waals surface area contributed by atoms with E-state index in [2.05, 4.69) is 10.1 Å². The Balaban J connectivity index is 3.82. The van der Waals surface area contributed by atoms with E-state index in [-0.39, 0.29) is 18.5 Å². The number of aliphatic hydroxyl groups is 1. The largest absolute Gasteiger partial charge is 0.469 e. The van der Waals surface area contributed by atoms with Crippen molar-refractivity contribution in [2.45, 2.75) is 20.8 Å². The topological polar surface area (TPSA) is 58.6 Å². The second-order valence-electron chi connectivity index (χ2n) is 4.29. The molecule has 1 unspecified atom stereocenters. The molecule has 0 rings (SSSR count). The van der Waals surface area contributed by atoms with Crippen LogP contribution in [0.3, 0.4) is 0 Å². The highest BCUT2D eigenvalue weighted by molar-refractivity contribution is 5.76. The highest BCUT2D eigenvalue weighted by Gasteiger charge is 2.28. The third-order valence-electron chi connectivity index (χ3n) is 2.11. The van der Waals surface area contributed by atoms with Crippen molar-refractivity contribution in [3.63, 3.8) is 0 Å². The lowest BCUT2D eigenvalue weighted by molar-refractivity contribution is -0.150. The Labute approximate surface area is 85.6 Å². The van der Waals surface area contributed by atoms with Gasteiger partial charge < -0.3 is 15.2 Å². The molecular weight excluding hydrogens is 182 g/mol. The Morgan fingerprint density at radius 3 is 2.57 bits per heavy atom. The summed E-state index contributed by atoms with van der Waals surface area (Å²) in [5.74, 6) is -0.00917. The molecule has 0 saturated heterocycles. The van der Waals surface area contributed by atoms with Gasteiger partial charge in [0.2, 0.25) is 0 Å². The maximum Gasteiger partial charge on any atom is 0.312 e. The number of esters is 1. The van der Waals surface area contributed by atoms with E-state index in [0.717, 1.165) is 0 Å². The Kier molecular flexibility index (Phi) is 5.72. The molecule has 0 aliphatic rings. The molecule has 0 heterocycles. The summed E-state index contributed by atoms with van der Waals surface area (Å²) < 4.78 is 4.67. The van der Waals surface area contributed by atoms with E-state index in [0.29, 0.717) is 13.1 Å². The fraction of sp³-hybridized carbons (Fsp3) is 0.900. The van der Waals surface area contributed by atoms with Gasteiger partial charge in [-0.25, -0.2) is 0 Å². The number of ether oxygens (including phenoxy) is 1. The second kappa shape index (κ2) is 5.98. The zero-order valence-corrected chi connectivity index (χ0v) is 9.46. The molecule has 0 spiro atoms. The highest BCUT2D eigenvalue weighted by Crippen LogP contribution is 2.15. The van der Waals surface area contributed by atoms with Gasteiger partial charge in [0, 0.05) is 13.2 Å². The fourth-order valence-corrected chi connectivity index (χ4v) is 1.04. The van der Waals surface area contributed by atoms with Crippen LogP contribution < -0.4 is 5.32 Å². The zero-order valence-electron chi connectivity index (χ0n) is 9.46. The molecule has 0 fully saturated rings. The number of methoxy groups -OCH3 is 1. The van der Waals surface area contributed by atoms with E-state index in [1.54, 1.807) is 0 Å². The first-order chi connectivity index (χ1) is 6.44. The number of carbonyl (C=O) groups excluding carboxylic acids is 1. The SMILES string of the molecule is COC(=O)C(C)(C)CNCC(C)CO. The summed E-state index contributed by atoms with van der Waals surface area (Å²) in [6, 6.07) is 0. The lowest BCUT2D eigenvalue weighted by atomic mass is 9.93. The van der Waals surface area contributed by atoms with Gasteiger partial charge in [0.15, 0.2) is 0 Å². The summed E-state index contributed by atoms with van der Waals surface area (Å²) >= 11 is 0. The highest BCUT2D eigenvalue weighted by atomic mass is 16.5. The van der Waals surface area contributed by atoms with Crippen molar-refractivity contribution in [3.05, 3.63) is 0 Å². The van der Waals surface area contributed by atoms with Crippen LogP contribution in [0.15, 0.2) is 0 Å². The van der Waals surface area contributed by atoms with Gasteiger partial charge in [0.25, 0.3) is 0 Å². The molecule has 0 amide bonds. The van der Waals surface area contributed by atoms with Crippen molar-refractivity contribution in [2.75, 3.05) is 26.8 Å².